The summed E-state index contributed by atoms with van der Waals surface area (Å²) in [5.74, 6) is -0.339. The van der Waals surface area contributed by atoms with E-state index in [1.807, 2.05) is 6.92 Å². The van der Waals surface area contributed by atoms with Crippen LogP contribution in [0.4, 0.5) is 4.79 Å². The number of carbonyl (C=O) groups is 2. The minimum Gasteiger partial charge on any atom is -0.453 e. The lowest BCUT2D eigenvalue weighted by Gasteiger charge is -2.40. The maximum Gasteiger partial charge on any atom is 0.409 e. The monoisotopic (exact) mass is 267 g/mol. The molecule has 2 aliphatic rings. The Balaban J connectivity index is 2.22. The van der Waals surface area contributed by atoms with Gasteiger partial charge in [0.05, 0.1) is 13.2 Å². The number of ether oxygens (including phenoxy) is 2. The summed E-state index contributed by atoms with van der Waals surface area (Å²) in [6.07, 6.45) is 7.93. The number of rotatable bonds is 1. The van der Waals surface area contributed by atoms with Crippen molar-refractivity contribution in [3.05, 3.63) is 12.2 Å². The minimum absolute atomic E-state index is 0.150. The molecule has 5 heteroatoms. The number of hydrogen-bond acceptors (Lipinski definition) is 4. The number of nitrogens with zero attached hydrogens (tertiary/aromatic N) is 1. The largest absolute Gasteiger partial charge is 0.453 e. The maximum absolute atomic E-state index is 12.0. The molecule has 19 heavy (non-hydrogen) atoms. The Hall–Kier alpha value is -1.52. The first-order valence-corrected chi connectivity index (χ1v) is 6.83. The molecule has 0 spiro atoms. The molecule has 106 valence electrons. The van der Waals surface area contributed by atoms with Crippen molar-refractivity contribution in [1.82, 2.24) is 4.90 Å². The van der Waals surface area contributed by atoms with Crippen LogP contribution in [0.1, 0.15) is 39.0 Å². The first kappa shape index (κ1) is 13.9. The second-order valence-electron chi connectivity index (χ2n) is 5.32. The number of methoxy groups -OCH3 is 1. The van der Waals surface area contributed by atoms with E-state index in [1.54, 1.807) is 11.0 Å². The number of hydrogen-bond donors (Lipinski definition) is 0. The molecule has 1 amide bonds. The molecule has 0 aliphatic carbocycles. The highest BCUT2D eigenvalue weighted by Gasteiger charge is 2.44. The third-order valence-corrected chi connectivity index (χ3v) is 3.94. The van der Waals surface area contributed by atoms with Crippen molar-refractivity contribution < 1.29 is 19.1 Å². The molecule has 0 N–H and O–H groups in total. The zero-order chi connectivity index (χ0) is 13.9. The summed E-state index contributed by atoms with van der Waals surface area (Å²) in [7, 11) is 1.39. The fourth-order valence-corrected chi connectivity index (χ4v) is 2.91. The topological polar surface area (TPSA) is 55.8 Å². The van der Waals surface area contributed by atoms with Gasteiger partial charge in [0.25, 0.3) is 0 Å². The molecule has 0 saturated carbocycles. The van der Waals surface area contributed by atoms with Gasteiger partial charge in [-0.25, -0.2) is 9.59 Å². The number of likely N-dealkylation sites (tertiary alicyclic amines) is 1. The molecule has 5 nitrogen and oxygen atoms in total. The Bertz CT molecular complexity index is 393. The van der Waals surface area contributed by atoms with Gasteiger partial charge in [-0.15, -0.1) is 0 Å². The van der Waals surface area contributed by atoms with Crippen LogP contribution in [0.3, 0.4) is 0 Å². The van der Waals surface area contributed by atoms with Crippen molar-refractivity contribution in [2.45, 2.75) is 50.7 Å². The Labute approximate surface area is 113 Å². The highest BCUT2D eigenvalue weighted by molar-refractivity contribution is 5.85. The van der Waals surface area contributed by atoms with Crippen LogP contribution < -0.4 is 0 Å². The van der Waals surface area contributed by atoms with Crippen molar-refractivity contribution in [2.75, 3.05) is 13.7 Å². The van der Waals surface area contributed by atoms with Gasteiger partial charge in [-0.05, 0) is 25.8 Å². The zero-order valence-corrected chi connectivity index (χ0v) is 11.6. The first-order chi connectivity index (χ1) is 9.07. The van der Waals surface area contributed by atoms with Crippen molar-refractivity contribution >= 4 is 12.1 Å². The maximum atomic E-state index is 12.0. The summed E-state index contributed by atoms with van der Waals surface area (Å²) in [6.45, 7) is 2.51. The van der Waals surface area contributed by atoms with Gasteiger partial charge in [0.15, 0.2) is 0 Å². The van der Waals surface area contributed by atoms with Crippen molar-refractivity contribution in [2.24, 2.45) is 0 Å². The van der Waals surface area contributed by atoms with E-state index >= 15 is 0 Å². The number of cyclic esters (lactones) is 1. The summed E-state index contributed by atoms with van der Waals surface area (Å²) in [4.78, 5) is 25.0. The van der Waals surface area contributed by atoms with Gasteiger partial charge in [0, 0.05) is 12.6 Å². The minimum atomic E-state index is -0.734. The standard InChI is InChI=1S/C14H21NO4/c1-14(9-8-12(16)19-14)11-7-5-3-4-6-10-15(11)13(17)18-2/h8-9,11H,3-7,10H2,1-2H3/t11-,14-/m1/s1. The number of carbonyl (C=O) groups excluding carboxylic acids is 2. The molecule has 1 saturated heterocycles. The number of amides is 1. The summed E-state index contributed by atoms with van der Waals surface area (Å²) in [6, 6.07) is -0.150. The van der Waals surface area contributed by atoms with Gasteiger partial charge in [-0.3, -0.25) is 0 Å². The average molecular weight is 267 g/mol. The van der Waals surface area contributed by atoms with E-state index in [1.165, 1.54) is 13.2 Å². The summed E-state index contributed by atoms with van der Waals surface area (Å²) >= 11 is 0. The third kappa shape index (κ3) is 2.91. The van der Waals surface area contributed by atoms with Crippen LogP contribution in [0.15, 0.2) is 12.2 Å². The SMILES string of the molecule is COC(=O)N1CCCCCC[C@@H]1[C@@]1(C)C=CC(=O)O1. The molecule has 1 fully saturated rings. The molecule has 0 radical (unpaired) electrons. The lowest BCUT2D eigenvalue weighted by molar-refractivity contribution is -0.149. The molecule has 2 aliphatic heterocycles. The smallest absolute Gasteiger partial charge is 0.409 e. The number of esters is 1. The Morgan fingerprint density at radius 1 is 1.42 bits per heavy atom. The highest BCUT2D eigenvalue weighted by atomic mass is 16.6. The fraction of sp³-hybridized carbons (Fsp3) is 0.714. The van der Waals surface area contributed by atoms with E-state index in [2.05, 4.69) is 0 Å². The summed E-state index contributed by atoms with van der Waals surface area (Å²) < 4.78 is 10.3. The molecule has 2 atom stereocenters. The summed E-state index contributed by atoms with van der Waals surface area (Å²) in [5, 5.41) is 0. The Kier molecular flexibility index (Phi) is 4.12. The van der Waals surface area contributed by atoms with E-state index in [-0.39, 0.29) is 18.1 Å². The Morgan fingerprint density at radius 3 is 2.79 bits per heavy atom. The van der Waals surface area contributed by atoms with E-state index < -0.39 is 5.60 Å². The molecule has 0 aromatic heterocycles. The predicted molar refractivity (Wildman–Crippen MR) is 69.6 cm³/mol. The molecule has 0 aromatic carbocycles. The van der Waals surface area contributed by atoms with Gasteiger partial charge < -0.3 is 14.4 Å². The van der Waals surface area contributed by atoms with Crippen LogP contribution in [-0.4, -0.2) is 42.3 Å². The quantitative estimate of drug-likeness (QED) is 0.684. The van der Waals surface area contributed by atoms with Gasteiger partial charge in [-0.2, -0.15) is 0 Å². The second-order valence-corrected chi connectivity index (χ2v) is 5.32. The lowest BCUT2D eigenvalue weighted by Crippen LogP contribution is -2.53. The lowest BCUT2D eigenvalue weighted by atomic mass is 9.89. The average Bonchev–Trinajstić information content (AvgIpc) is 2.69. The zero-order valence-electron chi connectivity index (χ0n) is 11.6. The van der Waals surface area contributed by atoms with Crippen LogP contribution in [-0.2, 0) is 14.3 Å². The van der Waals surface area contributed by atoms with Crippen LogP contribution in [0, 0.1) is 0 Å². The summed E-state index contributed by atoms with van der Waals surface area (Å²) in [5.41, 5.74) is -0.734. The van der Waals surface area contributed by atoms with Gasteiger partial charge >= 0.3 is 12.1 Å². The molecular weight excluding hydrogens is 246 g/mol. The van der Waals surface area contributed by atoms with E-state index in [0.717, 1.165) is 32.1 Å². The highest BCUT2D eigenvalue weighted by Crippen LogP contribution is 2.32. The Morgan fingerprint density at radius 2 is 2.16 bits per heavy atom. The normalized spacial score (nSPS) is 31.6. The van der Waals surface area contributed by atoms with Crippen LogP contribution in [0.25, 0.3) is 0 Å². The first-order valence-electron chi connectivity index (χ1n) is 6.83. The molecule has 2 heterocycles. The van der Waals surface area contributed by atoms with Crippen molar-refractivity contribution in [1.29, 1.82) is 0 Å². The third-order valence-electron chi connectivity index (χ3n) is 3.94. The fourth-order valence-electron chi connectivity index (χ4n) is 2.91. The molecular formula is C14H21NO4. The van der Waals surface area contributed by atoms with Gasteiger partial charge in [0.1, 0.15) is 5.60 Å². The predicted octanol–water partition coefficient (Wildman–Crippen LogP) is 2.26. The molecule has 0 unspecified atom stereocenters. The van der Waals surface area contributed by atoms with Crippen LogP contribution >= 0.6 is 0 Å². The van der Waals surface area contributed by atoms with Gasteiger partial charge in [0.2, 0.25) is 0 Å². The van der Waals surface area contributed by atoms with Crippen LogP contribution in [0.5, 0.6) is 0 Å². The van der Waals surface area contributed by atoms with E-state index in [4.69, 9.17) is 9.47 Å². The molecule has 0 bridgehead atoms. The molecule has 0 aromatic rings. The van der Waals surface area contributed by atoms with E-state index in [9.17, 15) is 9.59 Å². The van der Waals surface area contributed by atoms with E-state index in [0.29, 0.717) is 6.54 Å². The molecule has 2 rings (SSSR count). The van der Waals surface area contributed by atoms with Crippen molar-refractivity contribution in [3.8, 4) is 0 Å². The van der Waals surface area contributed by atoms with Crippen LogP contribution in [0.2, 0.25) is 0 Å². The van der Waals surface area contributed by atoms with Gasteiger partial charge in [-0.1, -0.05) is 19.3 Å². The van der Waals surface area contributed by atoms with Crippen molar-refractivity contribution in [3.63, 3.8) is 0 Å². The second kappa shape index (κ2) is 5.63.